The summed E-state index contributed by atoms with van der Waals surface area (Å²) < 4.78 is 24.1. The number of benzene rings is 1. The van der Waals surface area contributed by atoms with Gasteiger partial charge in [-0.15, -0.1) is 24.0 Å². The van der Waals surface area contributed by atoms with Crippen molar-refractivity contribution >= 4 is 39.8 Å². The first-order valence-corrected chi connectivity index (χ1v) is 8.46. The van der Waals surface area contributed by atoms with Crippen LogP contribution in [-0.2, 0) is 9.84 Å². The predicted molar refractivity (Wildman–Crippen MR) is 95.8 cm³/mol. The molecule has 1 aliphatic carbocycles. The summed E-state index contributed by atoms with van der Waals surface area (Å²) in [5, 5.41) is 0. The van der Waals surface area contributed by atoms with Crippen molar-refractivity contribution < 1.29 is 8.42 Å². The van der Waals surface area contributed by atoms with Gasteiger partial charge in [-0.2, -0.15) is 0 Å². The van der Waals surface area contributed by atoms with Crippen LogP contribution in [0.4, 0.5) is 0 Å². The second kappa shape index (κ2) is 7.98. The molecule has 0 heterocycles. The van der Waals surface area contributed by atoms with E-state index in [1.165, 1.54) is 0 Å². The maximum atomic E-state index is 12.0. The van der Waals surface area contributed by atoms with Crippen LogP contribution in [0.15, 0.2) is 40.2 Å². The first-order valence-electron chi connectivity index (χ1n) is 6.81. The fraction of sp³-hybridized carbons (Fsp3) is 0.500. The number of nitrogens with two attached hydrogens (primary N) is 1. The zero-order valence-electron chi connectivity index (χ0n) is 12.1. The lowest BCUT2D eigenvalue weighted by Crippen LogP contribution is -2.35. The van der Waals surface area contributed by atoms with Crippen molar-refractivity contribution in [2.45, 2.75) is 30.2 Å². The molecule has 118 valence electrons. The Morgan fingerprint density at radius 2 is 1.95 bits per heavy atom. The van der Waals surface area contributed by atoms with E-state index in [-0.39, 0.29) is 29.7 Å². The van der Waals surface area contributed by atoms with Crippen LogP contribution in [0.25, 0.3) is 0 Å². The van der Waals surface area contributed by atoms with Gasteiger partial charge in [0.15, 0.2) is 15.8 Å². The number of halogens is 1. The lowest BCUT2D eigenvalue weighted by atomic mass is 10.4. The van der Waals surface area contributed by atoms with E-state index in [9.17, 15) is 8.42 Å². The molecule has 21 heavy (non-hydrogen) atoms. The van der Waals surface area contributed by atoms with Gasteiger partial charge in [-0.25, -0.2) is 8.42 Å². The molecule has 2 N–H and O–H groups in total. The fourth-order valence-corrected chi connectivity index (χ4v) is 3.27. The molecule has 0 bridgehead atoms. The van der Waals surface area contributed by atoms with E-state index in [0.717, 1.165) is 12.8 Å². The first kappa shape index (κ1) is 18.2. The molecule has 1 aliphatic rings. The number of rotatable bonds is 6. The average molecular weight is 423 g/mol. The molecule has 1 saturated carbocycles. The Morgan fingerprint density at radius 3 is 2.52 bits per heavy atom. The third kappa shape index (κ3) is 5.46. The van der Waals surface area contributed by atoms with Crippen molar-refractivity contribution in [2.24, 2.45) is 10.7 Å². The molecule has 7 heteroatoms. The van der Waals surface area contributed by atoms with Gasteiger partial charge in [0.25, 0.3) is 0 Å². The summed E-state index contributed by atoms with van der Waals surface area (Å²) in [6, 6.07) is 9.02. The highest BCUT2D eigenvalue weighted by Crippen LogP contribution is 2.24. The number of nitrogens with zero attached hydrogens (tertiary/aromatic N) is 2. The highest BCUT2D eigenvalue weighted by atomic mass is 127. The van der Waals surface area contributed by atoms with Crippen LogP contribution in [-0.4, -0.2) is 44.7 Å². The largest absolute Gasteiger partial charge is 0.370 e. The van der Waals surface area contributed by atoms with Gasteiger partial charge in [0.1, 0.15) is 0 Å². The van der Waals surface area contributed by atoms with E-state index in [1.54, 1.807) is 30.3 Å². The molecule has 0 aliphatic heterocycles. The highest BCUT2D eigenvalue weighted by Gasteiger charge is 2.27. The van der Waals surface area contributed by atoms with Crippen molar-refractivity contribution in [1.82, 2.24) is 4.90 Å². The molecular formula is C14H22IN3O2S. The molecule has 0 saturated heterocycles. The maximum absolute atomic E-state index is 12.0. The van der Waals surface area contributed by atoms with E-state index in [1.807, 2.05) is 11.9 Å². The minimum Gasteiger partial charge on any atom is -0.370 e. The zero-order chi connectivity index (χ0) is 14.6. The molecule has 0 atom stereocenters. The molecule has 0 radical (unpaired) electrons. The van der Waals surface area contributed by atoms with Crippen LogP contribution in [0.3, 0.4) is 0 Å². The van der Waals surface area contributed by atoms with Crippen LogP contribution >= 0.6 is 24.0 Å². The van der Waals surface area contributed by atoms with Gasteiger partial charge in [-0.3, -0.25) is 4.99 Å². The van der Waals surface area contributed by atoms with Gasteiger partial charge in [-0.05, 0) is 31.4 Å². The Balaban J connectivity index is 0.00000220. The van der Waals surface area contributed by atoms with Crippen molar-refractivity contribution in [3.05, 3.63) is 30.3 Å². The summed E-state index contributed by atoms with van der Waals surface area (Å²) in [4.78, 5) is 6.57. The van der Waals surface area contributed by atoms with Crippen molar-refractivity contribution in [3.8, 4) is 0 Å². The molecule has 0 aromatic heterocycles. The second-order valence-corrected chi connectivity index (χ2v) is 7.18. The smallest absolute Gasteiger partial charge is 0.191 e. The fourth-order valence-electron chi connectivity index (χ4n) is 1.95. The van der Waals surface area contributed by atoms with E-state index in [2.05, 4.69) is 4.99 Å². The van der Waals surface area contributed by atoms with E-state index in [0.29, 0.717) is 29.9 Å². The Labute approximate surface area is 143 Å². The molecule has 5 nitrogen and oxygen atoms in total. The summed E-state index contributed by atoms with van der Waals surface area (Å²) in [7, 11) is -1.28. The van der Waals surface area contributed by atoms with Crippen LogP contribution in [0.1, 0.15) is 19.3 Å². The zero-order valence-corrected chi connectivity index (χ0v) is 15.3. The van der Waals surface area contributed by atoms with Crippen LogP contribution in [0, 0.1) is 0 Å². The monoisotopic (exact) mass is 423 g/mol. The summed E-state index contributed by atoms with van der Waals surface area (Å²) >= 11 is 0. The molecule has 2 rings (SSSR count). The number of guanidine groups is 1. The Bertz CT molecular complexity index is 571. The van der Waals surface area contributed by atoms with Crippen molar-refractivity contribution in [3.63, 3.8) is 0 Å². The molecule has 0 amide bonds. The van der Waals surface area contributed by atoms with Crippen LogP contribution < -0.4 is 5.73 Å². The maximum Gasteiger partial charge on any atom is 0.191 e. The highest BCUT2D eigenvalue weighted by molar-refractivity contribution is 14.0. The second-order valence-electron chi connectivity index (χ2n) is 5.07. The third-order valence-electron chi connectivity index (χ3n) is 3.40. The SMILES string of the molecule is CN(C(N)=NCCCS(=O)(=O)c1ccccc1)C1CC1.I. The summed E-state index contributed by atoms with van der Waals surface area (Å²) in [6.07, 6.45) is 2.81. The van der Waals surface area contributed by atoms with E-state index < -0.39 is 9.84 Å². The Morgan fingerprint density at radius 1 is 1.33 bits per heavy atom. The minimum absolute atomic E-state index is 0. The number of sulfone groups is 1. The van der Waals surface area contributed by atoms with Crippen molar-refractivity contribution in [2.75, 3.05) is 19.3 Å². The molecule has 1 fully saturated rings. The topological polar surface area (TPSA) is 75.8 Å². The van der Waals surface area contributed by atoms with Gasteiger partial charge >= 0.3 is 0 Å². The average Bonchev–Trinajstić information content (AvgIpc) is 3.28. The summed E-state index contributed by atoms with van der Waals surface area (Å²) in [6.45, 7) is 0.439. The lowest BCUT2D eigenvalue weighted by molar-refractivity contribution is 0.487. The molecular weight excluding hydrogens is 401 g/mol. The summed E-state index contributed by atoms with van der Waals surface area (Å²) in [5.74, 6) is 0.602. The Kier molecular flexibility index (Phi) is 6.92. The van der Waals surface area contributed by atoms with Gasteiger partial charge in [0.2, 0.25) is 0 Å². The molecule has 0 unspecified atom stereocenters. The van der Waals surface area contributed by atoms with E-state index >= 15 is 0 Å². The number of aliphatic imine (C=N–C) groups is 1. The molecule has 1 aromatic carbocycles. The van der Waals surface area contributed by atoms with Gasteiger partial charge in [-0.1, -0.05) is 18.2 Å². The van der Waals surface area contributed by atoms with Gasteiger partial charge < -0.3 is 10.6 Å². The normalized spacial score (nSPS) is 15.4. The Hall–Kier alpha value is -0.830. The quantitative estimate of drug-likeness (QED) is 0.328. The number of hydrogen-bond donors (Lipinski definition) is 1. The van der Waals surface area contributed by atoms with Gasteiger partial charge in [0.05, 0.1) is 10.6 Å². The van der Waals surface area contributed by atoms with Crippen LogP contribution in [0.5, 0.6) is 0 Å². The van der Waals surface area contributed by atoms with Gasteiger partial charge in [0, 0.05) is 19.6 Å². The summed E-state index contributed by atoms with van der Waals surface area (Å²) in [5.41, 5.74) is 5.85. The minimum atomic E-state index is -3.21. The predicted octanol–water partition coefficient (Wildman–Crippen LogP) is 1.88. The lowest BCUT2D eigenvalue weighted by Gasteiger charge is -2.16. The molecule has 1 aromatic rings. The third-order valence-corrected chi connectivity index (χ3v) is 5.22. The van der Waals surface area contributed by atoms with Crippen molar-refractivity contribution in [1.29, 1.82) is 0 Å². The van der Waals surface area contributed by atoms with Crippen LogP contribution in [0.2, 0.25) is 0 Å². The standard InChI is InChI=1S/C14H21N3O2S.HI/c1-17(12-8-9-12)14(15)16-10-5-11-20(18,19)13-6-3-2-4-7-13;/h2-4,6-7,12H,5,8-11H2,1H3,(H2,15,16);1H. The number of hydrogen-bond acceptors (Lipinski definition) is 3. The molecule has 0 spiro atoms. The first-order chi connectivity index (χ1) is 9.50. The van der Waals surface area contributed by atoms with E-state index in [4.69, 9.17) is 5.73 Å².